The van der Waals surface area contributed by atoms with Gasteiger partial charge in [0, 0.05) is 23.9 Å². The Balaban J connectivity index is 2.13. The summed E-state index contributed by atoms with van der Waals surface area (Å²) in [5.74, 6) is 0. The van der Waals surface area contributed by atoms with Crippen molar-refractivity contribution in [2.45, 2.75) is 25.7 Å². The van der Waals surface area contributed by atoms with Crippen molar-refractivity contribution in [3.8, 4) is 11.8 Å². The minimum Gasteiger partial charge on any atom is -0.316 e. The fraction of sp³-hybridized carbons (Fsp3) is 0.375. The van der Waals surface area contributed by atoms with Gasteiger partial charge in [0.15, 0.2) is 0 Å². The van der Waals surface area contributed by atoms with Crippen molar-refractivity contribution in [1.82, 2.24) is 14.9 Å². The zero-order valence-electron chi connectivity index (χ0n) is 11.8. The van der Waals surface area contributed by atoms with Crippen LogP contribution in [0, 0.1) is 18.3 Å². The molecular weight excluding hydrogens is 248 g/mol. The van der Waals surface area contributed by atoms with E-state index in [1.165, 1.54) is 5.69 Å². The number of nitrogens with one attached hydrogen (secondary N) is 1. The van der Waals surface area contributed by atoms with Gasteiger partial charge in [0.05, 0.1) is 23.6 Å². The van der Waals surface area contributed by atoms with Crippen molar-refractivity contribution in [3.05, 3.63) is 47.5 Å². The van der Waals surface area contributed by atoms with E-state index in [0.29, 0.717) is 5.56 Å². The molecular formula is C16H18N4. The summed E-state index contributed by atoms with van der Waals surface area (Å²) >= 11 is 0. The predicted octanol–water partition coefficient (Wildman–Crippen LogP) is 2.30. The van der Waals surface area contributed by atoms with Crippen LogP contribution in [0.15, 0.2) is 30.7 Å². The largest absolute Gasteiger partial charge is 0.316 e. The number of hydrogen-bond acceptors (Lipinski definition) is 3. The van der Waals surface area contributed by atoms with E-state index >= 15 is 0 Å². The van der Waals surface area contributed by atoms with Gasteiger partial charge in [0.2, 0.25) is 0 Å². The smallest absolute Gasteiger partial charge is 0.0994 e. The number of benzene rings is 1. The Kier molecular flexibility index (Phi) is 3.07. The summed E-state index contributed by atoms with van der Waals surface area (Å²) in [6.45, 7) is 6.34. The molecule has 1 aliphatic heterocycles. The van der Waals surface area contributed by atoms with Crippen LogP contribution in [-0.2, 0) is 5.41 Å². The van der Waals surface area contributed by atoms with E-state index in [9.17, 15) is 0 Å². The Morgan fingerprint density at radius 2 is 2.30 bits per heavy atom. The molecule has 0 bridgehead atoms. The van der Waals surface area contributed by atoms with Crippen LogP contribution in [0.5, 0.6) is 0 Å². The van der Waals surface area contributed by atoms with Crippen LogP contribution in [0.25, 0.3) is 5.69 Å². The molecule has 1 fully saturated rings. The summed E-state index contributed by atoms with van der Waals surface area (Å²) in [5, 5.41) is 12.5. The van der Waals surface area contributed by atoms with Crippen LogP contribution in [0.4, 0.5) is 0 Å². The summed E-state index contributed by atoms with van der Waals surface area (Å²) in [7, 11) is 0. The average Bonchev–Trinajstić information content (AvgIpc) is 3.09. The van der Waals surface area contributed by atoms with Gasteiger partial charge >= 0.3 is 0 Å². The second kappa shape index (κ2) is 4.77. The SMILES string of the molecule is Cc1ccc(C#N)cc1-n1cncc1C1(C)CCNC1. The summed E-state index contributed by atoms with van der Waals surface area (Å²) in [6, 6.07) is 7.99. The van der Waals surface area contributed by atoms with Gasteiger partial charge in [0.1, 0.15) is 0 Å². The van der Waals surface area contributed by atoms with Gasteiger partial charge in [-0.2, -0.15) is 5.26 Å². The Bertz CT molecular complexity index is 672. The first kappa shape index (κ1) is 12.9. The normalized spacial score (nSPS) is 21.9. The molecule has 0 spiro atoms. The van der Waals surface area contributed by atoms with E-state index in [0.717, 1.165) is 30.8 Å². The molecule has 0 amide bonds. The minimum absolute atomic E-state index is 0.103. The number of imidazole rings is 1. The highest BCUT2D eigenvalue weighted by atomic mass is 15.1. The number of aryl methyl sites for hydroxylation is 1. The number of nitriles is 1. The lowest BCUT2D eigenvalue weighted by Gasteiger charge is -2.25. The molecule has 0 aliphatic carbocycles. The van der Waals surface area contributed by atoms with Crippen molar-refractivity contribution in [2.75, 3.05) is 13.1 Å². The summed E-state index contributed by atoms with van der Waals surface area (Å²) < 4.78 is 2.13. The third-order valence-corrected chi connectivity index (χ3v) is 4.22. The Morgan fingerprint density at radius 3 is 3.00 bits per heavy atom. The molecule has 2 aromatic rings. The van der Waals surface area contributed by atoms with Gasteiger partial charge in [-0.15, -0.1) is 0 Å². The van der Waals surface area contributed by atoms with Crippen LogP contribution in [-0.4, -0.2) is 22.6 Å². The number of hydrogen-bond donors (Lipinski definition) is 1. The maximum atomic E-state index is 9.10. The monoisotopic (exact) mass is 266 g/mol. The van der Waals surface area contributed by atoms with Crippen molar-refractivity contribution >= 4 is 0 Å². The third kappa shape index (κ3) is 2.00. The molecule has 2 heterocycles. The first-order chi connectivity index (χ1) is 9.64. The predicted molar refractivity (Wildman–Crippen MR) is 77.9 cm³/mol. The second-order valence-corrected chi connectivity index (χ2v) is 5.75. The molecule has 4 nitrogen and oxygen atoms in total. The maximum absolute atomic E-state index is 9.10. The Labute approximate surface area is 119 Å². The average molecular weight is 266 g/mol. The number of nitrogens with zero attached hydrogens (tertiary/aromatic N) is 3. The first-order valence-corrected chi connectivity index (χ1v) is 6.89. The van der Waals surface area contributed by atoms with E-state index in [4.69, 9.17) is 5.26 Å². The van der Waals surface area contributed by atoms with Gasteiger partial charge in [-0.1, -0.05) is 13.0 Å². The molecule has 1 aromatic carbocycles. The summed E-state index contributed by atoms with van der Waals surface area (Å²) in [6.07, 6.45) is 4.91. The lowest BCUT2D eigenvalue weighted by Crippen LogP contribution is -2.27. The highest BCUT2D eigenvalue weighted by Gasteiger charge is 2.33. The zero-order valence-corrected chi connectivity index (χ0v) is 11.8. The van der Waals surface area contributed by atoms with Gasteiger partial charge in [-0.05, 0) is 37.6 Å². The van der Waals surface area contributed by atoms with Crippen LogP contribution < -0.4 is 5.32 Å². The van der Waals surface area contributed by atoms with E-state index in [-0.39, 0.29) is 5.41 Å². The Hall–Kier alpha value is -2.12. The van der Waals surface area contributed by atoms with Crippen molar-refractivity contribution in [1.29, 1.82) is 5.26 Å². The highest BCUT2D eigenvalue weighted by molar-refractivity contribution is 5.48. The van der Waals surface area contributed by atoms with Gasteiger partial charge in [0.25, 0.3) is 0 Å². The Morgan fingerprint density at radius 1 is 1.45 bits per heavy atom. The fourth-order valence-electron chi connectivity index (χ4n) is 2.91. The summed E-state index contributed by atoms with van der Waals surface area (Å²) in [5.41, 5.74) is 4.19. The molecule has 4 heteroatoms. The zero-order chi connectivity index (χ0) is 14.2. The van der Waals surface area contributed by atoms with Gasteiger partial charge in [-0.25, -0.2) is 4.98 Å². The topological polar surface area (TPSA) is 53.6 Å². The lowest BCUT2D eigenvalue weighted by atomic mass is 9.86. The highest BCUT2D eigenvalue weighted by Crippen LogP contribution is 2.32. The van der Waals surface area contributed by atoms with Crippen molar-refractivity contribution in [2.24, 2.45) is 0 Å². The molecule has 0 saturated carbocycles. The fourth-order valence-corrected chi connectivity index (χ4v) is 2.91. The molecule has 1 N–H and O–H groups in total. The molecule has 1 unspecified atom stereocenters. The van der Waals surface area contributed by atoms with Crippen molar-refractivity contribution < 1.29 is 0 Å². The second-order valence-electron chi connectivity index (χ2n) is 5.75. The lowest BCUT2D eigenvalue weighted by molar-refractivity contribution is 0.498. The van der Waals surface area contributed by atoms with Crippen molar-refractivity contribution in [3.63, 3.8) is 0 Å². The molecule has 3 rings (SSSR count). The van der Waals surface area contributed by atoms with Crippen LogP contribution in [0.1, 0.15) is 30.2 Å². The third-order valence-electron chi connectivity index (χ3n) is 4.22. The molecule has 0 radical (unpaired) electrons. The number of rotatable bonds is 2. The standard InChI is InChI=1S/C16H18N4/c1-12-3-4-13(8-17)7-14(12)20-11-19-9-15(20)16(2)5-6-18-10-16/h3-4,7,9,11,18H,5-6,10H2,1-2H3. The van der Waals surface area contributed by atoms with E-state index < -0.39 is 0 Å². The van der Waals surface area contributed by atoms with Gasteiger partial charge in [-0.3, -0.25) is 0 Å². The summed E-state index contributed by atoms with van der Waals surface area (Å²) in [4.78, 5) is 4.34. The van der Waals surface area contributed by atoms with Crippen LogP contribution in [0.2, 0.25) is 0 Å². The van der Waals surface area contributed by atoms with E-state index in [1.807, 2.05) is 30.7 Å². The molecule has 1 aliphatic rings. The molecule has 1 atom stereocenters. The van der Waals surface area contributed by atoms with E-state index in [1.54, 1.807) is 0 Å². The number of aromatic nitrogens is 2. The van der Waals surface area contributed by atoms with E-state index in [2.05, 4.69) is 34.8 Å². The van der Waals surface area contributed by atoms with Crippen LogP contribution >= 0.6 is 0 Å². The molecule has 20 heavy (non-hydrogen) atoms. The molecule has 1 saturated heterocycles. The molecule has 102 valence electrons. The quantitative estimate of drug-likeness (QED) is 0.907. The van der Waals surface area contributed by atoms with Crippen LogP contribution in [0.3, 0.4) is 0 Å². The first-order valence-electron chi connectivity index (χ1n) is 6.89. The molecule has 1 aromatic heterocycles. The maximum Gasteiger partial charge on any atom is 0.0994 e. The minimum atomic E-state index is 0.103. The van der Waals surface area contributed by atoms with Gasteiger partial charge < -0.3 is 9.88 Å².